The molecule has 0 bridgehead atoms. The number of fused-ring (bicyclic) bond motifs is 1. The van der Waals surface area contributed by atoms with Gasteiger partial charge in [-0.15, -0.1) is 0 Å². The van der Waals surface area contributed by atoms with Crippen LogP contribution in [0.3, 0.4) is 0 Å². The van der Waals surface area contributed by atoms with Crippen LogP contribution in [0.15, 0.2) is 126 Å². The highest BCUT2D eigenvalue weighted by atomic mass is 16.1. The lowest BCUT2D eigenvalue weighted by molar-refractivity contribution is 1.12. The van der Waals surface area contributed by atoms with Crippen LogP contribution in [0.4, 0.5) is 22.7 Å². The van der Waals surface area contributed by atoms with E-state index in [1.54, 1.807) is 6.20 Å². The number of H-pyrrole nitrogens is 1. The van der Waals surface area contributed by atoms with Gasteiger partial charge in [0, 0.05) is 43.0 Å². The van der Waals surface area contributed by atoms with Gasteiger partial charge in [0.1, 0.15) is 5.69 Å². The van der Waals surface area contributed by atoms with E-state index in [0.717, 1.165) is 33.9 Å². The Labute approximate surface area is 238 Å². The van der Waals surface area contributed by atoms with Gasteiger partial charge in [-0.2, -0.15) is 0 Å². The Hall–Kier alpha value is -5.49. The summed E-state index contributed by atoms with van der Waals surface area (Å²) in [6.45, 7) is 0. The van der Waals surface area contributed by atoms with Gasteiger partial charge < -0.3 is 14.8 Å². The average molecular weight is 536 g/mol. The van der Waals surface area contributed by atoms with Crippen molar-refractivity contribution in [1.29, 1.82) is 0 Å². The molecule has 0 aliphatic rings. The van der Waals surface area contributed by atoms with Crippen molar-refractivity contribution in [2.75, 3.05) is 23.9 Å². The highest BCUT2D eigenvalue weighted by Crippen LogP contribution is 2.34. The number of rotatable bonds is 7. The third-order valence-corrected chi connectivity index (χ3v) is 6.88. The molecule has 0 atom stereocenters. The zero-order valence-electron chi connectivity index (χ0n) is 22.9. The molecule has 41 heavy (non-hydrogen) atoms. The molecule has 2 aromatic heterocycles. The van der Waals surface area contributed by atoms with Crippen molar-refractivity contribution >= 4 is 45.8 Å². The maximum Gasteiger partial charge on any atom is 0.259 e. The van der Waals surface area contributed by atoms with Crippen LogP contribution in [-0.4, -0.2) is 29.0 Å². The van der Waals surface area contributed by atoms with Gasteiger partial charge in [0.2, 0.25) is 0 Å². The minimum absolute atomic E-state index is 0.184. The number of anilines is 4. The predicted molar refractivity (Wildman–Crippen MR) is 170 cm³/mol. The normalized spacial score (nSPS) is 11.2. The van der Waals surface area contributed by atoms with Gasteiger partial charge in [0.15, 0.2) is 5.82 Å². The van der Waals surface area contributed by atoms with Gasteiger partial charge in [-0.25, -0.2) is 4.98 Å². The molecule has 200 valence electrons. The topological polar surface area (TPSA) is 65.1 Å². The second kappa shape index (κ2) is 11.3. The molecular weight excluding hydrogens is 506 g/mol. The maximum absolute atomic E-state index is 12.8. The number of aromatic nitrogens is 3. The van der Waals surface area contributed by atoms with E-state index >= 15 is 0 Å². The molecule has 2 heterocycles. The molecule has 6 heteroatoms. The molecule has 6 rings (SSSR count). The van der Waals surface area contributed by atoms with E-state index in [0.29, 0.717) is 22.4 Å². The van der Waals surface area contributed by atoms with E-state index in [-0.39, 0.29) is 5.56 Å². The van der Waals surface area contributed by atoms with E-state index in [2.05, 4.69) is 98.7 Å². The third kappa shape index (κ3) is 5.63. The van der Waals surface area contributed by atoms with Crippen molar-refractivity contribution in [3.63, 3.8) is 0 Å². The molecule has 0 fully saturated rings. The fourth-order valence-corrected chi connectivity index (χ4v) is 4.73. The first-order chi connectivity index (χ1) is 20.0. The summed E-state index contributed by atoms with van der Waals surface area (Å²) in [5, 5.41) is 0.553. The first kappa shape index (κ1) is 25.8. The Morgan fingerprint density at radius 1 is 0.659 bits per heavy atom. The molecule has 0 saturated heterocycles. The van der Waals surface area contributed by atoms with Crippen LogP contribution >= 0.6 is 0 Å². The highest BCUT2D eigenvalue weighted by Gasteiger charge is 2.12. The molecule has 0 aliphatic carbocycles. The number of aromatic amines is 1. The number of pyridine rings is 1. The van der Waals surface area contributed by atoms with Gasteiger partial charge >= 0.3 is 0 Å². The molecule has 0 unspecified atom stereocenters. The van der Waals surface area contributed by atoms with Gasteiger partial charge in [0.25, 0.3) is 5.56 Å². The molecule has 0 amide bonds. The van der Waals surface area contributed by atoms with Crippen LogP contribution < -0.4 is 15.4 Å². The van der Waals surface area contributed by atoms with Gasteiger partial charge in [-0.05, 0) is 77.9 Å². The number of hydrogen-bond acceptors (Lipinski definition) is 5. The Kier molecular flexibility index (Phi) is 7.11. The first-order valence-corrected chi connectivity index (χ1v) is 13.4. The van der Waals surface area contributed by atoms with Crippen molar-refractivity contribution < 1.29 is 0 Å². The predicted octanol–water partition coefficient (Wildman–Crippen LogP) is 7.69. The molecule has 0 radical (unpaired) electrons. The first-order valence-electron chi connectivity index (χ1n) is 13.4. The number of nitrogens with one attached hydrogen (secondary N) is 1. The van der Waals surface area contributed by atoms with Gasteiger partial charge in [-0.1, -0.05) is 60.7 Å². The molecule has 0 saturated carbocycles. The van der Waals surface area contributed by atoms with Crippen molar-refractivity contribution in [2.45, 2.75) is 0 Å². The van der Waals surface area contributed by atoms with Crippen molar-refractivity contribution in [2.24, 2.45) is 0 Å². The Morgan fingerprint density at radius 3 is 1.93 bits per heavy atom. The molecular formula is C35H29N5O. The zero-order chi connectivity index (χ0) is 28.2. The Bertz CT molecular complexity index is 1840. The summed E-state index contributed by atoms with van der Waals surface area (Å²) >= 11 is 0. The van der Waals surface area contributed by atoms with Crippen LogP contribution in [-0.2, 0) is 0 Å². The molecule has 1 N–H and O–H groups in total. The molecule has 6 aromatic rings. The maximum atomic E-state index is 12.8. The molecule has 4 aromatic carbocycles. The summed E-state index contributed by atoms with van der Waals surface area (Å²) in [7, 11) is 3.89. The summed E-state index contributed by atoms with van der Waals surface area (Å²) < 4.78 is 0. The molecule has 6 nitrogen and oxygen atoms in total. The van der Waals surface area contributed by atoms with Crippen LogP contribution in [0.5, 0.6) is 0 Å². The fraction of sp³-hybridized carbons (Fsp3) is 0.0571. The SMILES string of the molecule is CN(C)c1ccc2nc(-c3cc(C=Cc4ccc(N(c5ccccc5)c5ccccc5)cc4)ccn3)[nH]c(=O)c2c1. The molecule has 0 spiro atoms. The quantitative estimate of drug-likeness (QED) is 0.227. The van der Waals surface area contributed by atoms with E-state index in [1.807, 2.05) is 67.5 Å². The number of hydrogen-bond donors (Lipinski definition) is 1. The van der Waals surface area contributed by atoms with E-state index < -0.39 is 0 Å². The highest BCUT2D eigenvalue weighted by molar-refractivity contribution is 5.83. The minimum Gasteiger partial charge on any atom is -0.378 e. The summed E-state index contributed by atoms with van der Waals surface area (Å²) in [5.41, 5.74) is 7.32. The van der Waals surface area contributed by atoms with Crippen molar-refractivity contribution in [1.82, 2.24) is 15.0 Å². The van der Waals surface area contributed by atoms with Gasteiger partial charge in [-0.3, -0.25) is 9.78 Å². The van der Waals surface area contributed by atoms with Crippen LogP contribution in [0.2, 0.25) is 0 Å². The number of benzene rings is 4. The fourth-order valence-electron chi connectivity index (χ4n) is 4.73. The smallest absolute Gasteiger partial charge is 0.259 e. The minimum atomic E-state index is -0.184. The summed E-state index contributed by atoms with van der Waals surface area (Å²) in [4.78, 5) is 29.1. The lowest BCUT2D eigenvalue weighted by Gasteiger charge is -2.25. The third-order valence-electron chi connectivity index (χ3n) is 6.88. The lowest BCUT2D eigenvalue weighted by Crippen LogP contribution is -2.13. The van der Waals surface area contributed by atoms with E-state index in [1.165, 1.54) is 0 Å². The van der Waals surface area contributed by atoms with Crippen LogP contribution in [0, 0.1) is 0 Å². The summed E-state index contributed by atoms with van der Waals surface area (Å²) in [5.74, 6) is 0.446. The van der Waals surface area contributed by atoms with Crippen LogP contribution in [0.25, 0.3) is 34.6 Å². The standard InChI is InChI=1S/C35H29N5O/c1-39(2)30-19-20-32-31(24-30)35(41)38-34(37-32)33-23-26(21-22-36-33)14-13-25-15-17-29(18-16-25)40(27-9-5-3-6-10-27)28-11-7-4-8-12-28/h3-24H,1-2H3,(H,37,38,41). The van der Waals surface area contributed by atoms with E-state index in [9.17, 15) is 4.79 Å². The second-order valence-electron chi connectivity index (χ2n) is 9.92. The monoisotopic (exact) mass is 535 g/mol. The Balaban J connectivity index is 1.25. The largest absolute Gasteiger partial charge is 0.378 e. The number of para-hydroxylation sites is 2. The van der Waals surface area contributed by atoms with Crippen molar-refractivity contribution in [3.8, 4) is 11.5 Å². The summed E-state index contributed by atoms with van der Waals surface area (Å²) in [6.07, 6.45) is 5.83. The van der Waals surface area contributed by atoms with E-state index in [4.69, 9.17) is 0 Å². The van der Waals surface area contributed by atoms with Crippen LogP contribution in [0.1, 0.15) is 11.1 Å². The second-order valence-corrected chi connectivity index (χ2v) is 9.92. The Morgan fingerprint density at radius 2 is 1.27 bits per heavy atom. The molecule has 0 aliphatic heterocycles. The van der Waals surface area contributed by atoms with Gasteiger partial charge in [0.05, 0.1) is 10.9 Å². The zero-order valence-corrected chi connectivity index (χ0v) is 22.9. The lowest BCUT2D eigenvalue weighted by atomic mass is 10.1. The summed E-state index contributed by atoms with van der Waals surface area (Å²) in [6, 6.07) is 38.7. The average Bonchev–Trinajstić information content (AvgIpc) is 3.02. The van der Waals surface area contributed by atoms with Crippen molar-refractivity contribution in [3.05, 3.63) is 143 Å². The number of nitrogens with zero attached hydrogens (tertiary/aromatic N) is 4.